The van der Waals surface area contributed by atoms with Crippen molar-refractivity contribution in [1.29, 1.82) is 5.26 Å². The minimum absolute atomic E-state index is 0.0420. The lowest BCUT2D eigenvalue weighted by molar-refractivity contribution is 0.163. The highest BCUT2D eigenvalue weighted by molar-refractivity contribution is 5.01. The van der Waals surface area contributed by atoms with Crippen molar-refractivity contribution < 1.29 is 0 Å². The van der Waals surface area contributed by atoms with Crippen molar-refractivity contribution in [3.05, 3.63) is 0 Å². The zero-order chi connectivity index (χ0) is 18.0. The normalized spacial score (nSPS) is 33.1. The number of nitrogens with zero attached hydrogens (tertiary/aromatic N) is 1. The summed E-state index contributed by atoms with van der Waals surface area (Å²) >= 11 is 0. The van der Waals surface area contributed by atoms with E-state index in [1.165, 1.54) is 109 Å². The third-order valence-electron chi connectivity index (χ3n) is 7.48. The van der Waals surface area contributed by atoms with Crippen LogP contribution in [-0.4, -0.2) is 0 Å². The Labute approximate surface area is 158 Å². The third kappa shape index (κ3) is 6.96. The molecule has 0 unspecified atom stereocenters. The Kier molecular flexibility index (Phi) is 9.36. The molecule has 25 heavy (non-hydrogen) atoms. The summed E-state index contributed by atoms with van der Waals surface area (Å²) < 4.78 is 0. The van der Waals surface area contributed by atoms with E-state index in [9.17, 15) is 5.26 Å². The molecule has 0 saturated heterocycles. The smallest absolute Gasteiger partial charge is 0.0689 e. The molecule has 0 aromatic rings. The van der Waals surface area contributed by atoms with Gasteiger partial charge in [-0.2, -0.15) is 5.26 Å². The van der Waals surface area contributed by atoms with Crippen molar-refractivity contribution in [2.24, 2.45) is 23.2 Å². The van der Waals surface area contributed by atoms with Crippen LogP contribution in [0.15, 0.2) is 0 Å². The Morgan fingerprint density at radius 3 is 1.80 bits per heavy atom. The summed E-state index contributed by atoms with van der Waals surface area (Å²) in [6.07, 6.45) is 23.1. The van der Waals surface area contributed by atoms with E-state index >= 15 is 0 Å². The van der Waals surface area contributed by atoms with Crippen molar-refractivity contribution in [3.8, 4) is 6.07 Å². The van der Waals surface area contributed by atoms with E-state index in [1.807, 2.05) is 0 Å². The van der Waals surface area contributed by atoms with E-state index in [4.69, 9.17) is 0 Å². The maximum Gasteiger partial charge on any atom is 0.0689 e. The highest BCUT2D eigenvalue weighted by Gasteiger charge is 2.35. The van der Waals surface area contributed by atoms with Gasteiger partial charge >= 0.3 is 0 Å². The average Bonchev–Trinajstić information content (AvgIpc) is 2.67. The molecule has 0 heterocycles. The van der Waals surface area contributed by atoms with Gasteiger partial charge in [0, 0.05) is 0 Å². The monoisotopic (exact) mass is 345 g/mol. The molecule has 0 amide bonds. The van der Waals surface area contributed by atoms with Gasteiger partial charge in [0.15, 0.2) is 0 Å². The SMILES string of the molecule is CCCCC[C@H]1CC[C@@](C#N)(CC[C@H]2CC[C@H](CCCC)CC2)CC1. The summed E-state index contributed by atoms with van der Waals surface area (Å²) in [5, 5.41) is 9.86. The lowest BCUT2D eigenvalue weighted by Crippen LogP contribution is -2.27. The Balaban J connectivity index is 1.66. The van der Waals surface area contributed by atoms with Gasteiger partial charge in [0.1, 0.15) is 0 Å². The molecule has 2 saturated carbocycles. The number of rotatable bonds is 10. The quantitative estimate of drug-likeness (QED) is 0.367. The fourth-order valence-corrected chi connectivity index (χ4v) is 5.40. The first-order valence-corrected chi connectivity index (χ1v) is 11.6. The predicted molar refractivity (Wildman–Crippen MR) is 108 cm³/mol. The van der Waals surface area contributed by atoms with E-state index in [-0.39, 0.29) is 5.41 Å². The topological polar surface area (TPSA) is 23.8 Å². The standard InChI is InChI=1S/C24H43N/c1-3-5-7-9-22-14-17-24(20-25,18-15-22)19-16-23-12-10-21(11-13-23)8-6-4-2/h21-23H,3-19H2,1-2H3/t21-,22-,23-,24-. The lowest BCUT2D eigenvalue weighted by Gasteiger charge is -2.37. The van der Waals surface area contributed by atoms with Gasteiger partial charge in [-0.25, -0.2) is 0 Å². The Morgan fingerprint density at radius 2 is 1.24 bits per heavy atom. The summed E-state index contributed by atoms with van der Waals surface area (Å²) in [6, 6.07) is 2.78. The fourth-order valence-electron chi connectivity index (χ4n) is 5.40. The number of hydrogen-bond acceptors (Lipinski definition) is 1. The van der Waals surface area contributed by atoms with E-state index in [0.717, 1.165) is 17.8 Å². The summed E-state index contributed by atoms with van der Waals surface area (Å²) in [5.41, 5.74) is 0.0420. The van der Waals surface area contributed by atoms with Gasteiger partial charge in [0.05, 0.1) is 11.5 Å². The molecular formula is C24H43N. The zero-order valence-corrected chi connectivity index (χ0v) is 17.2. The van der Waals surface area contributed by atoms with Crippen LogP contribution >= 0.6 is 0 Å². The Bertz CT molecular complexity index is 377. The van der Waals surface area contributed by atoms with Crippen LogP contribution < -0.4 is 0 Å². The van der Waals surface area contributed by atoms with Crippen LogP contribution in [-0.2, 0) is 0 Å². The highest BCUT2D eigenvalue weighted by atomic mass is 14.4. The van der Waals surface area contributed by atoms with Crippen LogP contribution in [0.1, 0.15) is 123 Å². The molecule has 1 heteroatoms. The average molecular weight is 346 g/mol. The first kappa shape index (κ1) is 20.8. The molecule has 0 N–H and O–H groups in total. The van der Waals surface area contributed by atoms with E-state index < -0.39 is 0 Å². The minimum atomic E-state index is 0.0420. The Hall–Kier alpha value is -0.510. The van der Waals surface area contributed by atoms with Crippen LogP contribution in [0.25, 0.3) is 0 Å². The van der Waals surface area contributed by atoms with Crippen molar-refractivity contribution in [3.63, 3.8) is 0 Å². The first-order chi connectivity index (χ1) is 12.2. The zero-order valence-electron chi connectivity index (χ0n) is 17.2. The van der Waals surface area contributed by atoms with Crippen LogP contribution in [0.3, 0.4) is 0 Å². The summed E-state index contributed by atoms with van der Waals surface area (Å²) in [6.45, 7) is 4.60. The molecule has 2 aliphatic carbocycles. The molecule has 2 rings (SSSR count). The van der Waals surface area contributed by atoms with Crippen molar-refractivity contribution in [2.45, 2.75) is 123 Å². The van der Waals surface area contributed by atoms with Gasteiger partial charge in [0.2, 0.25) is 0 Å². The van der Waals surface area contributed by atoms with Crippen LogP contribution in [0.5, 0.6) is 0 Å². The number of nitriles is 1. The third-order valence-corrected chi connectivity index (χ3v) is 7.48. The van der Waals surface area contributed by atoms with E-state index in [1.54, 1.807) is 0 Å². The molecule has 0 spiro atoms. The van der Waals surface area contributed by atoms with Gasteiger partial charge in [0.25, 0.3) is 0 Å². The van der Waals surface area contributed by atoms with Crippen molar-refractivity contribution in [1.82, 2.24) is 0 Å². The molecular weight excluding hydrogens is 302 g/mol. The maximum atomic E-state index is 9.86. The molecule has 2 aliphatic rings. The summed E-state index contributed by atoms with van der Waals surface area (Å²) in [5.74, 6) is 2.85. The second-order valence-corrected chi connectivity index (χ2v) is 9.40. The minimum Gasteiger partial charge on any atom is -0.198 e. The number of unbranched alkanes of at least 4 members (excludes halogenated alkanes) is 3. The van der Waals surface area contributed by atoms with Crippen molar-refractivity contribution in [2.75, 3.05) is 0 Å². The number of hydrogen-bond donors (Lipinski definition) is 0. The van der Waals surface area contributed by atoms with Crippen LogP contribution in [0.2, 0.25) is 0 Å². The molecule has 1 nitrogen and oxygen atoms in total. The largest absolute Gasteiger partial charge is 0.198 e. The van der Waals surface area contributed by atoms with Gasteiger partial charge in [-0.3, -0.25) is 0 Å². The summed E-state index contributed by atoms with van der Waals surface area (Å²) in [4.78, 5) is 0. The Morgan fingerprint density at radius 1 is 0.720 bits per heavy atom. The molecule has 2 fully saturated rings. The first-order valence-electron chi connectivity index (χ1n) is 11.6. The van der Waals surface area contributed by atoms with Crippen LogP contribution in [0.4, 0.5) is 0 Å². The molecule has 0 atom stereocenters. The molecule has 0 aromatic heterocycles. The molecule has 0 bridgehead atoms. The van der Waals surface area contributed by atoms with Gasteiger partial charge in [-0.05, 0) is 56.3 Å². The predicted octanol–water partition coefficient (Wildman–Crippen LogP) is 8.04. The highest BCUT2D eigenvalue weighted by Crippen LogP contribution is 2.45. The van der Waals surface area contributed by atoms with Gasteiger partial charge in [-0.15, -0.1) is 0 Å². The van der Waals surface area contributed by atoms with Crippen molar-refractivity contribution >= 4 is 0 Å². The second kappa shape index (κ2) is 11.3. The second-order valence-electron chi connectivity index (χ2n) is 9.40. The molecule has 0 aliphatic heterocycles. The maximum absolute atomic E-state index is 9.86. The van der Waals surface area contributed by atoms with Crippen LogP contribution in [0, 0.1) is 34.5 Å². The molecule has 144 valence electrons. The van der Waals surface area contributed by atoms with Gasteiger partial charge < -0.3 is 0 Å². The summed E-state index contributed by atoms with van der Waals surface area (Å²) in [7, 11) is 0. The van der Waals surface area contributed by atoms with E-state index in [2.05, 4.69) is 19.9 Å². The van der Waals surface area contributed by atoms with Gasteiger partial charge in [-0.1, -0.05) is 84.5 Å². The lowest BCUT2D eigenvalue weighted by atomic mass is 9.66. The van der Waals surface area contributed by atoms with E-state index in [0.29, 0.717) is 0 Å². The molecule has 0 radical (unpaired) electrons. The fraction of sp³-hybridized carbons (Fsp3) is 0.958. The molecule has 0 aromatic carbocycles.